The van der Waals surface area contributed by atoms with Gasteiger partial charge >= 0.3 is 11.8 Å². The lowest BCUT2D eigenvalue weighted by molar-refractivity contribution is -0.136. The van der Waals surface area contributed by atoms with Crippen LogP contribution in [-0.2, 0) is 9.59 Å². The number of benzene rings is 2. The second-order valence-corrected chi connectivity index (χ2v) is 5.23. The van der Waals surface area contributed by atoms with E-state index in [1.165, 1.54) is 6.21 Å². The van der Waals surface area contributed by atoms with Crippen LogP contribution >= 0.6 is 0 Å². The number of rotatable bonds is 4. The highest BCUT2D eigenvalue weighted by Gasteiger charge is 2.12. The van der Waals surface area contributed by atoms with Crippen LogP contribution in [0.3, 0.4) is 0 Å². The molecule has 0 aliphatic rings. The number of hydrogen-bond acceptors (Lipinski definition) is 4. The lowest BCUT2D eigenvalue weighted by atomic mass is 10.1. The van der Waals surface area contributed by atoms with Gasteiger partial charge < -0.3 is 10.1 Å². The molecule has 2 aromatic rings. The summed E-state index contributed by atoms with van der Waals surface area (Å²) in [5.74, 6) is -0.882. The van der Waals surface area contributed by atoms with Gasteiger partial charge in [0.1, 0.15) is 5.75 Å². The maximum atomic E-state index is 11.8. The van der Waals surface area contributed by atoms with E-state index >= 15 is 0 Å². The highest BCUT2D eigenvalue weighted by molar-refractivity contribution is 6.39. The molecule has 2 N–H and O–H groups in total. The molecule has 2 amide bonds. The Labute approximate surface area is 140 Å². The van der Waals surface area contributed by atoms with Gasteiger partial charge in [0.2, 0.25) is 0 Å². The Kier molecular flexibility index (Phi) is 5.68. The van der Waals surface area contributed by atoms with Crippen molar-refractivity contribution in [3.8, 4) is 5.75 Å². The van der Waals surface area contributed by atoms with Crippen LogP contribution in [0.2, 0.25) is 0 Å². The summed E-state index contributed by atoms with van der Waals surface area (Å²) >= 11 is 0. The Bertz CT molecular complexity index is 768. The van der Waals surface area contributed by atoms with Crippen LogP contribution in [0.1, 0.15) is 16.7 Å². The molecule has 0 saturated heterocycles. The maximum absolute atomic E-state index is 11.8. The minimum Gasteiger partial charge on any atom is -0.497 e. The topological polar surface area (TPSA) is 79.8 Å². The molecule has 2 rings (SSSR count). The maximum Gasteiger partial charge on any atom is 0.329 e. The SMILES string of the molecule is COc1ccc(C=NNC(=O)C(=O)Nc2ccc(C)c(C)c2)cc1. The van der Waals surface area contributed by atoms with E-state index in [9.17, 15) is 9.59 Å². The summed E-state index contributed by atoms with van der Waals surface area (Å²) in [6.07, 6.45) is 1.45. The van der Waals surface area contributed by atoms with Crippen molar-refractivity contribution in [1.29, 1.82) is 0 Å². The van der Waals surface area contributed by atoms with Crippen LogP contribution in [0, 0.1) is 13.8 Å². The normalized spacial score (nSPS) is 10.5. The number of anilines is 1. The van der Waals surface area contributed by atoms with Crippen molar-refractivity contribution in [3.63, 3.8) is 0 Å². The monoisotopic (exact) mass is 325 g/mol. The van der Waals surface area contributed by atoms with Gasteiger partial charge in [-0.3, -0.25) is 9.59 Å². The largest absolute Gasteiger partial charge is 0.497 e. The molecule has 2 aromatic carbocycles. The fourth-order valence-electron chi connectivity index (χ4n) is 1.91. The molecule has 0 aliphatic heterocycles. The molecular weight excluding hydrogens is 306 g/mol. The van der Waals surface area contributed by atoms with Crippen LogP contribution < -0.4 is 15.5 Å². The van der Waals surface area contributed by atoms with Crippen molar-refractivity contribution in [1.82, 2.24) is 5.43 Å². The number of carbonyl (C=O) groups is 2. The Balaban J connectivity index is 1.89. The lowest BCUT2D eigenvalue weighted by Crippen LogP contribution is -2.32. The number of methoxy groups -OCH3 is 1. The van der Waals surface area contributed by atoms with E-state index in [2.05, 4.69) is 15.8 Å². The molecular formula is C18H19N3O3. The van der Waals surface area contributed by atoms with Crippen LogP contribution in [0.15, 0.2) is 47.6 Å². The average Bonchev–Trinajstić information content (AvgIpc) is 2.58. The van der Waals surface area contributed by atoms with Crippen LogP contribution in [0.25, 0.3) is 0 Å². The number of amides is 2. The van der Waals surface area contributed by atoms with Crippen LogP contribution in [-0.4, -0.2) is 25.1 Å². The second kappa shape index (κ2) is 7.92. The predicted octanol–water partition coefficient (Wildman–Crippen LogP) is 2.40. The Morgan fingerprint density at radius 2 is 1.71 bits per heavy atom. The fourth-order valence-corrected chi connectivity index (χ4v) is 1.91. The summed E-state index contributed by atoms with van der Waals surface area (Å²) in [4.78, 5) is 23.6. The molecule has 0 saturated carbocycles. The molecule has 0 fully saturated rings. The molecule has 0 spiro atoms. The molecule has 124 valence electrons. The zero-order chi connectivity index (χ0) is 17.5. The van der Waals surface area contributed by atoms with Gasteiger partial charge in [0, 0.05) is 5.69 Å². The second-order valence-electron chi connectivity index (χ2n) is 5.23. The summed E-state index contributed by atoms with van der Waals surface area (Å²) in [7, 11) is 1.58. The first-order chi connectivity index (χ1) is 11.5. The van der Waals surface area contributed by atoms with Crippen molar-refractivity contribution < 1.29 is 14.3 Å². The summed E-state index contributed by atoms with van der Waals surface area (Å²) in [6.45, 7) is 3.91. The zero-order valence-electron chi connectivity index (χ0n) is 13.8. The lowest BCUT2D eigenvalue weighted by Gasteiger charge is -2.06. The highest BCUT2D eigenvalue weighted by Crippen LogP contribution is 2.14. The smallest absolute Gasteiger partial charge is 0.329 e. The molecule has 24 heavy (non-hydrogen) atoms. The first-order valence-corrected chi connectivity index (χ1v) is 7.35. The minimum atomic E-state index is -0.835. The van der Waals surface area contributed by atoms with E-state index in [1.807, 2.05) is 19.9 Å². The van der Waals surface area contributed by atoms with Gasteiger partial charge in [-0.1, -0.05) is 6.07 Å². The first kappa shape index (κ1) is 17.2. The number of ether oxygens (including phenoxy) is 1. The predicted molar refractivity (Wildman–Crippen MR) is 93.3 cm³/mol. The summed E-state index contributed by atoms with van der Waals surface area (Å²) in [5.41, 5.74) is 5.67. The van der Waals surface area contributed by atoms with Crippen LogP contribution in [0.4, 0.5) is 5.69 Å². The van der Waals surface area contributed by atoms with Gasteiger partial charge in [0.15, 0.2) is 0 Å². The van der Waals surface area contributed by atoms with Gasteiger partial charge in [0.25, 0.3) is 0 Å². The first-order valence-electron chi connectivity index (χ1n) is 7.35. The number of hydrazone groups is 1. The Hall–Kier alpha value is -3.15. The number of nitrogens with zero attached hydrogens (tertiary/aromatic N) is 1. The van der Waals surface area contributed by atoms with E-state index < -0.39 is 11.8 Å². The average molecular weight is 325 g/mol. The number of hydrogen-bond donors (Lipinski definition) is 2. The van der Waals surface area contributed by atoms with E-state index in [0.29, 0.717) is 5.69 Å². The van der Waals surface area contributed by atoms with Gasteiger partial charge in [0.05, 0.1) is 13.3 Å². The highest BCUT2D eigenvalue weighted by atomic mass is 16.5. The van der Waals surface area contributed by atoms with E-state index in [4.69, 9.17) is 4.74 Å². The zero-order valence-corrected chi connectivity index (χ0v) is 13.8. The van der Waals surface area contributed by atoms with Crippen LogP contribution in [0.5, 0.6) is 5.75 Å². The fraction of sp³-hybridized carbons (Fsp3) is 0.167. The van der Waals surface area contributed by atoms with E-state index in [1.54, 1.807) is 43.5 Å². The van der Waals surface area contributed by atoms with E-state index in [0.717, 1.165) is 22.4 Å². The van der Waals surface area contributed by atoms with Crippen molar-refractivity contribution >= 4 is 23.7 Å². The summed E-state index contributed by atoms with van der Waals surface area (Å²) in [5, 5.41) is 6.30. The third-order valence-electron chi connectivity index (χ3n) is 3.47. The molecule has 0 unspecified atom stereocenters. The quantitative estimate of drug-likeness (QED) is 0.515. The van der Waals surface area contributed by atoms with Gasteiger partial charge in [-0.2, -0.15) is 5.10 Å². The molecule has 0 atom stereocenters. The Morgan fingerprint density at radius 3 is 2.33 bits per heavy atom. The standard InChI is InChI=1S/C18H19N3O3/c1-12-4-7-15(10-13(12)2)20-17(22)18(23)21-19-11-14-5-8-16(24-3)9-6-14/h4-11H,1-3H3,(H,20,22)(H,21,23). The molecule has 6 nitrogen and oxygen atoms in total. The summed E-state index contributed by atoms with van der Waals surface area (Å²) in [6, 6.07) is 12.5. The van der Waals surface area contributed by atoms with Crippen molar-refractivity contribution in [2.75, 3.05) is 12.4 Å². The van der Waals surface area contributed by atoms with Gasteiger partial charge in [-0.15, -0.1) is 0 Å². The number of carbonyl (C=O) groups excluding carboxylic acids is 2. The third-order valence-corrected chi connectivity index (χ3v) is 3.47. The third kappa shape index (κ3) is 4.67. The van der Waals surface area contributed by atoms with Crippen molar-refractivity contribution in [3.05, 3.63) is 59.2 Å². The van der Waals surface area contributed by atoms with Crippen molar-refractivity contribution in [2.45, 2.75) is 13.8 Å². The summed E-state index contributed by atoms with van der Waals surface area (Å²) < 4.78 is 5.05. The minimum absolute atomic E-state index is 0.567. The molecule has 0 aromatic heterocycles. The van der Waals surface area contributed by atoms with Crippen molar-refractivity contribution in [2.24, 2.45) is 5.10 Å². The van der Waals surface area contributed by atoms with Gasteiger partial charge in [-0.05, 0) is 66.9 Å². The molecule has 0 heterocycles. The number of aryl methyl sites for hydroxylation is 2. The molecule has 0 bridgehead atoms. The van der Waals surface area contributed by atoms with Gasteiger partial charge in [-0.25, -0.2) is 5.43 Å². The molecule has 6 heteroatoms. The van der Waals surface area contributed by atoms with E-state index in [-0.39, 0.29) is 0 Å². The Morgan fingerprint density at radius 1 is 1.00 bits per heavy atom. The molecule has 0 radical (unpaired) electrons. The molecule has 0 aliphatic carbocycles. The number of nitrogens with one attached hydrogen (secondary N) is 2.